The Morgan fingerprint density at radius 3 is 2.65 bits per heavy atom. The van der Waals surface area contributed by atoms with Crippen LogP contribution in [-0.4, -0.2) is 18.2 Å². The first kappa shape index (κ1) is 13.9. The molecule has 2 rings (SSSR count). The maximum absolute atomic E-state index is 11.0. The highest BCUT2D eigenvalue weighted by atomic mass is 16.5. The Morgan fingerprint density at radius 1 is 1.25 bits per heavy atom. The number of carbonyl (C=O) groups excluding carboxylic acids is 1. The predicted molar refractivity (Wildman–Crippen MR) is 75.8 cm³/mol. The lowest BCUT2D eigenvalue weighted by atomic mass is 10.2. The van der Waals surface area contributed by atoms with E-state index in [2.05, 4.69) is 15.0 Å². The molecule has 0 bridgehead atoms. The summed E-state index contributed by atoms with van der Waals surface area (Å²) in [6, 6.07) is 10.9. The van der Waals surface area contributed by atoms with Gasteiger partial charge in [-0.3, -0.25) is 10.3 Å². The van der Waals surface area contributed by atoms with Gasteiger partial charge in [0, 0.05) is 11.9 Å². The zero-order valence-electron chi connectivity index (χ0n) is 11.4. The van der Waals surface area contributed by atoms with E-state index in [1.807, 2.05) is 19.1 Å². The number of methoxy groups -OCH3 is 1. The molecule has 1 aromatic carbocycles. The molecule has 5 heteroatoms. The molecule has 1 amide bonds. The molecule has 0 saturated heterocycles. The Hall–Kier alpha value is -2.56. The molecule has 0 aliphatic heterocycles. The summed E-state index contributed by atoms with van der Waals surface area (Å²) in [5.74, 6) is 0.713. The molecule has 0 aliphatic carbocycles. The van der Waals surface area contributed by atoms with Crippen molar-refractivity contribution in [2.75, 3.05) is 12.4 Å². The maximum atomic E-state index is 11.0. The van der Waals surface area contributed by atoms with Crippen molar-refractivity contribution in [3.8, 4) is 5.75 Å². The molecule has 0 unspecified atom stereocenters. The first-order valence-electron chi connectivity index (χ1n) is 6.17. The summed E-state index contributed by atoms with van der Waals surface area (Å²) in [6.45, 7) is 2.41. The highest BCUT2D eigenvalue weighted by Gasteiger charge is 2.02. The molecule has 2 aromatic rings. The van der Waals surface area contributed by atoms with Crippen molar-refractivity contribution < 1.29 is 14.3 Å². The Balaban J connectivity index is 1.94. The third-order valence-electron chi connectivity index (χ3n) is 2.78. The standard InChI is InChI=1S/C15H16N2O3/c1-11-4-3-9-16-14(11)10-20-13-7-5-12(6-8-13)17-15(18)19-2/h3-9H,10H2,1-2H3,(H,17,18). The van der Waals surface area contributed by atoms with Crippen molar-refractivity contribution in [1.29, 1.82) is 0 Å². The largest absolute Gasteiger partial charge is 0.487 e. The van der Waals surface area contributed by atoms with Crippen LogP contribution >= 0.6 is 0 Å². The average molecular weight is 272 g/mol. The number of benzene rings is 1. The monoisotopic (exact) mass is 272 g/mol. The van der Waals surface area contributed by atoms with E-state index in [1.54, 1.807) is 30.5 Å². The lowest BCUT2D eigenvalue weighted by Gasteiger charge is -2.08. The van der Waals surface area contributed by atoms with Crippen molar-refractivity contribution in [1.82, 2.24) is 4.98 Å². The predicted octanol–water partition coefficient (Wildman–Crippen LogP) is 3.15. The van der Waals surface area contributed by atoms with Crippen molar-refractivity contribution >= 4 is 11.8 Å². The van der Waals surface area contributed by atoms with Gasteiger partial charge in [0.1, 0.15) is 12.4 Å². The van der Waals surface area contributed by atoms with Gasteiger partial charge in [-0.05, 0) is 42.8 Å². The molecule has 104 valence electrons. The molecule has 1 N–H and O–H groups in total. The molecular weight excluding hydrogens is 256 g/mol. The number of aromatic nitrogens is 1. The summed E-state index contributed by atoms with van der Waals surface area (Å²) < 4.78 is 10.2. The molecule has 0 atom stereocenters. The van der Waals surface area contributed by atoms with Crippen molar-refractivity contribution in [2.45, 2.75) is 13.5 Å². The lowest BCUT2D eigenvalue weighted by Crippen LogP contribution is -2.10. The summed E-state index contributed by atoms with van der Waals surface area (Å²) in [5, 5.41) is 2.57. The van der Waals surface area contributed by atoms with E-state index in [4.69, 9.17) is 4.74 Å². The maximum Gasteiger partial charge on any atom is 0.411 e. The SMILES string of the molecule is COC(=O)Nc1ccc(OCc2ncccc2C)cc1. The number of carbonyl (C=O) groups is 1. The second kappa shape index (κ2) is 6.56. The van der Waals surface area contributed by atoms with E-state index < -0.39 is 6.09 Å². The van der Waals surface area contributed by atoms with Crippen LogP contribution in [0.2, 0.25) is 0 Å². The Kier molecular flexibility index (Phi) is 4.55. The van der Waals surface area contributed by atoms with Crippen LogP contribution in [-0.2, 0) is 11.3 Å². The van der Waals surface area contributed by atoms with Crippen LogP contribution < -0.4 is 10.1 Å². The summed E-state index contributed by atoms with van der Waals surface area (Å²) in [4.78, 5) is 15.3. The summed E-state index contributed by atoms with van der Waals surface area (Å²) in [7, 11) is 1.32. The molecule has 0 fully saturated rings. The fourth-order valence-electron chi connectivity index (χ4n) is 1.62. The topological polar surface area (TPSA) is 60.5 Å². The van der Waals surface area contributed by atoms with E-state index in [-0.39, 0.29) is 0 Å². The molecule has 5 nitrogen and oxygen atoms in total. The number of nitrogens with zero attached hydrogens (tertiary/aromatic N) is 1. The van der Waals surface area contributed by atoms with Gasteiger partial charge >= 0.3 is 6.09 Å². The van der Waals surface area contributed by atoms with Gasteiger partial charge in [0.15, 0.2) is 0 Å². The van der Waals surface area contributed by atoms with Crippen LogP contribution in [0.3, 0.4) is 0 Å². The van der Waals surface area contributed by atoms with Gasteiger partial charge < -0.3 is 9.47 Å². The molecule has 1 aromatic heterocycles. The fourth-order valence-corrected chi connectivity index (χ4v) is 1.62. The van der Waals surface area contributed by atoms with Crippen molar-refractivity contribution in [3.63, 3.8) is 0 Å². The molecule has 0 aliphatic rings. The van der Waals surface area contributed by atoms with Crippen molar-refractivity contribution in [2.24, 2.45) is 0 Å². The van der Waals surface area contributed by atoms with E-state index in [1.165, 1.54) is 7.11 Å². The number of amides is 1. The molecule has 0 spiro atoms. The number of pyridine rings is 1. The van der Waals surface area contributed by atoms with Gasteiger partial charge in [0.05, 0.1) is 12.8 Å². The molecular formula is C15H16N2O3. The van der Waals surface area contributed by atoms with E-state index in [9.17, 15) is 4.79 Å². The number of ether oxygens (including phenoxy) is 2. The lowest BCUT2D eigenvalue weighted by molar-refractivity contribution is 0.187. The number of rotatable bonds is 4. The van der Waals surface area contributed by atoms with Crippen LogP contribution in [0.1, 0.15) is 11.3 Å². The molecule has 0 radical (unpaired) electrons. The van der Waals surface area contributed by atoms with Crippen LogP contribution in [0.5, 0.6) is 5.75 Å². The Morgan fingerprint density at radius 2 is 2.00 bits per heavy atom. The van der Waals surface area contributed by atoms with E-state index >= 15 is 0 Å². The first-order chi connectivity index (χ1) is 9.69. The van der Waals surface area contributed by atoms with Gasteiger partial charge in [-0.15, -0.1) is 0 Å². The number of nitrogens with one attached hydrogen (secondary N) is 1. The number of hydrogen-bond acceptors (Lipinski definition) is 4. The third kappa shape index (κ3) is 3.71. The Bertz CT molecular complexity index is 582. The quantitative estimate of drug-likeness (QED) is 0.928. The van der Waals surface area contributed by atoms with Crippen LogP contribution in [0.25, 0.3) is 0 Å². The minimum Gasteiger partial charge on any atom is -0.487 e. The summed E-state index contributed by atoms with van der Waals surface area (Å²) in [5.41, 5.74) is 2.65. The van der Waals surface area contributed by atoms with Gasteiger partial charge in [-0.1, -0.05) is 6.07 Å². The summed E-state index contributed by atoms with van der Waals surface area (Å²) in [6.07, 6.45) is 1.25. The van der Waals surface area contributed by atoms with Gasteiger partial charge in [-0.2, -0.15) is 0 Å². The van der Waals surface area contributed by atoms with Gasteiger partial charge in [0.25, 0.3) is 0 Å². The molecule has 0 saturated carbocycles. The smallest absolute Gasteiger partial charge is 0.411 e. The molecule has 20 heavy (non-hydrogen) atoms. The number of aryl methyl sites for hydroxylation is 1. The number of anilines is 1. The average Bonchev–Trinajstić information content (AvgIpc) is 2.48. The van der Waals surface area contributed by atoms with Crippen LogP contribution in [0, 0.1) is 6.92 Å². The highest BCUT2D eigenvalue weighted by molar-refractivity contribution is 5.84. The Labute approximate surface area is 117 Å². The van der Waals surface area contributed by atoms with Crippen LogP contribution in [0.4, 0.5) is 10.5 Å². The van der Waals surface area contributed by atoms with Gasteiger partial charge in [-0.25, -0.2) is 4.79 Å². The minimum absolute atomic E-state index is 0.413. The van der Waals surface area contributed by atoms with E-state index in [0.29, 0.717) is 18.0 Å². The molecule has 1 heterocycles. The van der Waals surface area contributed by atoms with Gasteiger partial charge in [0.2, 0.25) is 0 Å². The first-order valence-corrected chi connectivity index (χ1v) is 6.17. The zero-order valence-corrected chi connectivity index (χ0v) is 11.4. The fraction of sp³-hybridized carbons (Fsp3) is 0.200. The summed E-state index contributed by atoms with van der Waals surface area (Å²) >= 11 is 0. The third-order valence-corrected chi connectivity index (χ3v) is 2.78. The number of hydrogen-bond donors (Lipinski definition) is 1. The normalized spacial score (nSPS) is 9.90. The second-order valence-corrected chi connectivity index (χ2v) is 4.20. The second-order valence-electron chi connectivity index (χ2n) is 4.20. The highest BCUT2D eigenvalue weighted by Crippen LogP contribution is 2.17. The van der Waals surface area contributed by atoms with Crippen LogP contribution in [0.15, 0.2) is 42.6 Å². The van der Waals surface area contributed by atoms with Crippen molar-refractivity contribution in [3.05, 3.63) is 53.9 Å². The minimum atomic E-state index is -0.497. The van der Waals surface area contributed by atoms with E-state index in [0.717, 1.165) is 11.3 Å². The zero-order chi connectivity index (χ0) is 14.4.